The van der Waals surface area contributed by atoms with Crippen LogP contribution >= 0.6 is 0 Å². The van der Waals surface area contributed by atoms with Crippen molar-refractivity contribution < 1.29 is 4.74 Å². The molecule has 0 saturated carbocycles. The first-order valence-corrected chi connectivity index (χ1v) is 6.08. The minimum atomic E-state index is 0.560. The molecule has 1 atom stereocenters. The van der Waals surface area contributed by atoms with Crippen molar-refractivity contribution in [3.05, 3.63) is 12.4 Å². The molecule has 0 aromatic carbocycles. The second kappa shape index (κ2) is 7.28. The van der Waals surface area contributed by atoms with E-state index in [-0.39, 0.29) is 0 Å². The molecule has 0 bridgehead atoms. The Morgan fingerprint density at radius 1 is 1.50 bits per heavy atom. The molecule has 1 N–H and O–H groups in total. The number of rotatable bonds is 8. The van der Waals surface area contributed by atoms with E-state index in [0.29, 0.717) is 12.6 Å². The third-order valence-corrected chi connectivity index (χ3v) is 2.66. The fourth-order valence-electron chi connectivity index (χ4n) is 1.71. The third-order valence-electron chi connectivity index (χ3n) is 2.66. The maximum Gasteiger partial charge on any atom is 0.0728 e. The molecule has 1 heterocycles. The third kappa shape index (κ3) is 4.23. The van der Waals surface area contributed by atoms with Crippen LogP contribution in [0.5, 0.6) is 0 Å². The number of hydrogen-bond acceptors (Lipinski definition) is 3. The van der Waals surface area contributed by atoms with Gasteiger partial charge in [0.05, 0.1) is 25.0 Å². The summed E-state index contributed by atoms with van der Waals surface area (Å²) in [6.45, 7) is 5.94. The molecule has 0 fully saturated rings. The highest BCUT2D eigenvalue weighted by Gasteiger charge is 2.06. The highest BCUT2D eigenvalue weighted by atomic mass is 16.5. The molecule has 4 nitrogen and oxygen atoms in total. The van der Waals surface area contributed by atoms with Gasteiger partial charge in [-0.1, -0.05) is 20.3 Å². The Morgan fingerprint density at radius 2 is 2.31 bits per heavy atom. The lowest BCUT2D eigenvalue weighted by molar-refractivity contribution is 0.183. The summed E-state index contributed by atoms with van der Waals surface area (Å²) in [6.07, 6.45) is 7.49. The van der Waals surface area contributed by atoms with Gasteiger partial charge in [0, 0.05) is 19.3 Å². The highest BCUT2D eigenvalue weighted by molar-refractivity contribution is 5.39. The van der Waals surface area contributed by atoms with Gasteiger partial charge in [0.15, 0.2) is 0 Å². The van der Waals surface area contributed by atoms with Gasteiger partial charge < -0.3 is 10.1 Å². The van der Waals surface area contributed by atoms with E-state index < -0.39 is 0 Å². The van der Waals surface area contributed by atoms with Crippen LogP contribution in [0.2, 0.25) is 0 Å². The Morgan fingerprint density at radius 3 is 2.94 bits per heavy atom. The minimum Gasteiger partial charge on any atom is -0.383 e. The summed E-state index contributed by atoms with van der Waals surface area (Å²) in [5.74, 6) is 0. The molecule has 0 radical (unpaired) electrons. The van der Waals surface area contributed by atoms with Crippen LogP contribution in [0.3, 0.4) is 0 Å². The molecule has 0 saturated heterocycles. The fourth-order valence-corrected chi connectivity index (χ4v) is 1.71. The molecule has 0 amide bonds. The van der Waals surface area contributed by atoms with Crippen LogP contribution in [0.4, 0.5) is 5.69 Å². The monoisotopic (exact) mass is 225 g/mol. The SMILES string of the molecule is CCCC(CC)Nc1cnn(CCOC)c1. The zero-order valence-electron chi connectivity index (χ0n) is 10.6. The molecule has 0 aliphatic rings. The van der Waals surface area contributed by atoms with E-state index in [1.807, 2.05) is 17.1 Å². The van der Waals surface area contributed by atoms with E-state index in [9.17, 15) is 0 Å². The van der Waals surface area contributed by atoms with E-state index in [1.54, 1.807) is 7.11 Å². The lowest BCUT2D eigenvalue weighted by Gasteiger charge is -2.15. The maximum atomic E-state index is 5.01. The highest BCUT2D eigenvalue weighted by Crippen LogP contribution is 2.11. The molecule has 1 unspecified atom stereocenters. The molecule has 16 heavy (non-hydrogen) atoms. The fraction of sp³-hybridized carbons (Fsp3) is 0.750. The Hall–Kier alpha value is -1.03. The van der Waals surface area contributed by atoms with Crippen molar-refractivity contribution in [2.45, 2.75) is 45.7 Å². The van der Waals surface area contributed by atoms with Gasteiger partial charge in [0.25, 0.3) is 0 Å². The molecular formula is C12H23N3O. The first-order chi connectivity index (χ1) is 7.80. The van der Waals surface area contributed by atoms with Crippen molar-refractivity contribution in [2.75, 3.05) is 19.0 Å². The molecule has 4 heteroatoms. The zero-order chi connectivity index (χ0) is 11.8. The molecular weight excluding hydrogens is 202 g/mol. The van der Waals surface area contributed by atoms with Gasteiger partial charge in [-0.15, -0.1) is 0 Å². The minimum absolute atomic E-state index is 0.560. The summed E-state index contributed by atoms with van der Waals surface area (Å²) in [4.78, 5) is 0. The largest absolute Gasteiger partial charge is 0.383 e. The molecule has 0 aliphatic carbocycles. The van der Waals surface area contributed by atoms with Gasteiger partial charge in [-0.2, -0.15) is 5.10 Å². The number of aromatic nitrogens is 2. The van der Waals surface area contributed by atoms with Crippen LogP contribution in [0.1, 0.15) is 33.1 Å². The summed E-state index contributed by atoms with van der Waals surface area (Å²) >= 11 is 0. The predicted octanol–water partition coefficient (Wildman–Crippen LogP) is 2.52. The number of methoxy groups -OCH3 is 1. The summed E-state index contributed by atoms with van der Waals surface area (Å²) in [7, 11) is 1.71. The van der Waals surface area contributed by atoms with Gasteiger partial charge in [-0.25, -0.2) is 0 Å². The molecule has 92 valence electrons. The predicted molar refractivity (Wildman–Crippen MR) is 66.7 cm³/mol. The van der Waals surface area contributed by atoms with Crippen molar-refractivity contribution in [2.24, 2.45) is 0 Å². The Balaban J connectivity index is 2.43. The Bertz CT molecular complexity index is 286. The van der Waals surface area contributed by atoms with Crippen molar-refractivity contribution >= 4 is 5.69 Å². The molecule has 1 rings (SSSR count). The molecule has 1 aromatic heterocycles. The average molecular weight is 225 g/mol. The molecule has 0 aliphatic heterocycles. The van der Waals surface area contributed by atoms with Crippen LogP contribution in [0.25, 0.3) is 0 Å². The van der Waals surface area contributed by atoms with Crippen LogP contribution in [-0.2, 0) is 11.3 Å². The number of hydrogen-bond donors (Lipinski definition) is 1. The zero-order valence-corrected chi connectivity index (χ0v) is 10.6. The van der Waals surface area contributed by atoms with Crippen molar-refractivity contribution in [3.63, 3.8) is 0 Å². The van der Waals surface area contributed by atoms with Crippen LogP contribution in [0, 0.1) is 0 Å². The van der Waals surface area contributed by atoms with Crippen LogP contribution < -0.4 is 5.32 Å². The number of anilines is 1. The van der Waals surface area contributed by atoms with Crippen molar-refractivity contribution in [3.8, 4) is 0 Å². The first-order valence-electron chi connectivity index (χ1n) is 6.08. The second-order valence-electron chi connectivity index (χ2n) is 4.02. The number of nitrogens with one attached hydrogen (secondary N) is 1. The topological polar surface area (TPSA) is 39.1 Å². The van der Waals surface area contributed by atoms with Gasteiger partial charge in [0.2, 0.25) is 0 Å². The summed E-state index contributed by atoms with van der Waals surface area (Å²) in [6, 6.07) is 0.560. The standard InChI is InChI=1S/C12H23N3O/c1-4-6-11(5-2)14-12-9-13-15(10-12)7-8-16-3/h9-11,14H,4-8H2,1-3H3. The van der Waals surface area contributed by atoms with Crippen LogP contribution in [0.15, 0.2) is 12.4 Å². The summed E-state index contributed by atoms with van der Waals surface area (Å²) in [5, 5.41) is 7.78. The second-order valence-corrected chi connectivity index (χ2v) is 4.02. The summed E-state index contributed by atoms with van der Waals surface area (Å²) in [5.41, 5.74) is 1.11. The van der Waals surface area contributed by atoms with E-state index in [1.165, 1.54) is 12.8 Å². The van der Waals surface area contributed by atoms with E-state index in [4.69, 9.17) is 4.74 Å². The van der Waals surface area contributed by atoms with Crippen molar-refractivity contribution in [1.29, 1.82) is 0 Å². The van der Waals surface area contributed by atoms with E-state index in [0.717, 1.165) is 18.7 Å². The van der Waals surface area contributed by atoms with E-state index in [2.05, 4.69) is 24.3 Å². The van der Waals surface area contributed by atoms with Crippen LogP contribution in [-0.4, -0.2) is 29.5 Å². The first kappa shape index (κ1) is 13.0. The van der Waals surface area contributed by atoms with Gasteiger partial charge in [0.1, 0.15) is 0 Å². The van der Waals surface area contributed by atoms with Gasteiger partial charge in [-0.05, 0) is 12.8 Å². The van der Waals surface area contributed by atoms with E-state index >= 15 is 0 Å². The number of nitrogens with zero attached hydrogens (tertiary/aromatic N) is 2. The molecule has 1 aromatic rings. The smallest absolute Gasteiger partial charge is 0.0728 e. The van der Waals surface area contributed by atoms with Gasteiger partial charge >= 0.3 is 0 Å². The lowest BCUT2D eigenvalue weighted by atomic mass is 10.1. The maximum absolute atomic E-state index is 5.01. The number of ether oxygens (including phenoxy) is 1. The van der Waals surface area contributed by atoms with Crippen molar-refractivity contribution in [1.82, 2.24) is 9.78 Å². The lowest BCUT2D eigenvalue weighted by Crippen LogP contribution is -2.17. The Labute approximate surface area is 98.0 Å². The normalized spacial score (nSPS) is 12.7. The average Bonchev–Trinajstić information content (AvgIpc) is 2.73. The Kier molecular flexibility index (Phi) is 5.93. The van der Waals surface area contributed by atoms with Gasteiger partial charge in [-0.3, -0.25) is 4.68 Å². The molecule has 0 spiro atoms. The quantitative estimate of drug-likeness (QED) is 0.739. The summed E-state index contributed by atoms with van der Waals surface area (Å²) < 4.78 is 6.92.